The van der Waals surface area contributed by atoms with Crippen LogP contribution in [0.4, 0.5) is 11.6 Å². The largest absolute Gasteiger partial charge is 0.481 e. The molecular formula is C20H16N4O3. The van der Waals surface area contributed by atoms with Crippen LogP contribution >= 0.6 is 0 Å². The normalized spacial score (nSPS) is 12.1. The molecule has 0 aliphatic carbocycles. The number of fused-ring (bicyclic) bond motifs is 2. The summed E-state index contributed by atoms with van der Waals surface area (Å²) in [7, 11) is 3.08. The Labute approximate surface area is 156 Å². The van der Waals surface area contributed by atoms with Crippen LogP contribution in [-0.2, 0) is 6.54 Å². The molecule has 4 rings (SSSR count). The van der Waals surface area contributed by atoms with Gasteiger partial charge in [-0.15, -0.1) is 0 Å². The number of nitrogens with zero attached hydrogens (tertiary/aromatic N) is 4. The minimum Gasteiger partial charge on any atom is -0.481 e. The van der Waals surface area contributed by atoms with Gasteiger partial charge in [-0.25, -0.2) is 0 Å². The predicted molar refractivity (Wildman–Crippen MR) is 98.7 cm³/mol. The lowest BCUT2D eigenvalue weighted by atomic mass is 10.1. The van der Waals surface area contributed by atoms with Gasteiger partial charge in [-0.05, 0) is 18.2 Å². The van der Waals surface area contributed by atoms with Crippen LogP contribution in [0.5, 0.6) is 23.3 Å². The van der Waals surface area contributed by atoms with Crippen molar-refractivity contribution in [3.8, 4) is 29.3 Å². The maximum atomic E-state index is 9.25. The Morgan fingerprint density at radius 3 is 2.44 bits per heavy atom. The quantitative estimate of drug-likeness (QED) is 0.702. The summed E-state index contributed by atoms with van der Waals surface area (Å²) in [5.41, 5.74) is 2.23. The van der Waals surface area contributed by atoms with E-state index in [0.29, 0.717) is 35.6 Å². The van der Waals surface area contributed by atoms with Gasteiger partial charge in [0.1, 0.15) is 5.75 Å². The zero-order chi connectivity index (χ0) is 18.8. The van der Waals surface area contributed by atoms with Gasteiger partial charge in [-0.2, -0.15) is 15.2 Å². The Kier molecular flexibility index (Phi) is 4.22. The smallest absolute Gasteiger partial charge is 0.236 e. The van der Waals surface area contributed by atoms with E-state index in [1.807, 2.05) is 35.2 Å². The number of hydrogen-bond acceptors (Lipinski definition) is 7. The zero-order valence-corrected chi connectivity index (χ0v) is 14.8. The summed E-state index contributed by atoms with van der Waals surface area (Å²) in [5, 5.41) is 9.25. The molecule has 3 aromatic rings. The predicted octanol–water partition coefficient (Wildman–Crippen LogP) is 3.81. The molecule has 0 amide bonds. The van der Waals surface area contributed by atoms with Crippen LogP contribution in [0.3, 0.4) is 0 Å². The number of para-hydroxylation sites is 1. The molecule has 0 atom stereocenters. The first kappa shape index (κ1) is 16.7. The number of anilines is 2. The first-order valence-electron chi connectivity index (χ1n) is 8.26. The fourth-order valence-corrected chi connectivity index (χ4v) is 2.90. The second-order valence-corrected chi connectivity index (χ2v) is 5.84. The third-order valence-corrected chi connectivity index (χ3v) is 4.23. The maximum absolute atomic E-state index is 9.25. The molecule has 27 heavy (non-hydrogen) atoms. The molecule has 0 radical (unpaired) electrons. The van der Waals surface area contributed by atoms with E-state index in [-0.39, 0.29) is 0 Å². The number of ether oxygens (including phenoxy) is 3. The van der Waals surface area contributed by atoms with Crippen LogP contribution in [0.25, 0.3) is 0 Å². The molecule has 1 aliphatic heterocycles. The summed E-state index contributed by atoms with van der Waals surface area (Å²) in [6.07, 6.45) is 0. The molecule has 0 saturated heterocycles. The Bertz CT molecular complexity index is 1020. The number of methoxy groups -OCH3 is 2. The van der Waals surface area contributed by atoms with Gasteiger partial charge in [0.25, 0.3) is 0 Å². The average Bonchev–Trinajstić information content (AvgIpc) is 2.89. The first-order valence-corrected chi connectivity index (χ1v) is 8.26. The van der Waals surface area contributed by atoms with Crippen molar-refractivity contribution in [1.82, 2.24) is 9.97 Å². The number of aromatic nitrogens is 2. The van der Waals surface area contributed by atoms with Crippen molar-refractivity contribution in [3.05, 3.63) is 59.7 Å². The molecule has 134 valence electrons. The van der Waals surface area contributed by atoms with Gasteiger partial charge in [0, 0.05) is 11.6 Å². The number of nitriles is 1. The minimum atomic E-state index is 0.394. The summed E-state index contributed by atoms with van der Waals surface area (Å²) in [5.74, 6) is 2.49. The second-order valence-electron chi connectivity index (χ2n) is 5.84. The van der Waals surface area contributed by atoms with E-state index in [0.717, 1.165) is 17.0 Å². The Morgan fingerprint density at radius 1 is 1.00 bits per heavy atom. The Morgan fingerprint density at radius 2 is 1.74 bits per heavy atom. The molecule has 7 heteroatoms. The van der Waals surface area contributed by atoms with Crippen LogP contribution < -0.4 is 19.1 Å². The molecule has 0 spiro atoms. The van der Waals surface area contributed by atoms with Crippen LogP contribution in [0.15, 0.2) is 48.5 Å². The highest BCUT2D eigenvalue weighted by molar-refractivity contribution is 5.70. The lowest BCUT2D eigenvalue weighted by Gasteiger charge is -2.22. The van der Waals surface area contributed by atoms with Gasteiger partial charge in [0.05, 0.1) is 44.2 Å². The molecule has 2 aromatic carbocycles. The summed E-state index contributed by atoms with van der Waals surface area (Å²) in [6.45, 7) is 0.491. The SMILES string of the molecule is COc1cc(OC)nc(N2Cc3ccccc3Oc3cc(C#N)ccc32)n1. The van der Waals surface area contributed by atoms with E-state index in [4.69, 9.17) is 14.2 Å². The van der Waals surface area contributed by atoms with E-state index in [9.17, 15) is 5.26 Å². The fraction of sp³-hybridized carbons (Fsp3) is 0.150. The standard InChI is InChI=1S/C20H16N4O3/c1-25-18-10-19(26-2)23-20(22-18)24-12-14-5-3-4-6-16(14)27-17-9-13(11-21)7-8-15(17)24/h3-10H,12H2,1-2H3. The van der Waals surface area contributed by atoms with Gasteiger partial charge >= 0.3 is 0 Å². The first-order chi connectivity index (χ1) is 13.2. The van der Waals surface area contributed by atoms with E-state index in [1.54, 1.807) is 32.4 Å². The average molecular weight is 360 g/mol. The molecular weight excluding hydrogens is 344 g/mol. The van der Waals surface area contributed by atoms with E-state index in [1.165, 1.54) is 0 Å². The number of hydrogen-bond donors (Lipinski definition) is 0. The van der Waals surface area contributed by atoms with Crippen molar-refractivity contribution in [2.75, 3.05) is 19.1 Å². The van der Waals surface area contributed by atoms with Crippen molar-refractivity contribution < 1.29 is 14.2 Å². The Hall–Kier alpha value is -3.79. The topological polar surface area (TPSA) is 80.5 Å². The Balaban J connectivity index is 1.91. The highest BCUT2D eigenvalue weighted by Gasteiger charge is 2.25. The van der Waals surface area contributed by atoms with Crippen LogP contribution in [0.2, 0.25) is 0 Å². The van der Waals surface area contributed by atoms with Crippen molar-refractivity contribution in [2.45, 2.75) is 6.54 Å². The summed E-state index contributed by atoms with van der Waals surface area (Å²) < 4.78 is 16.7. The third kappa shape index (κ3) is 3.09. The second kappa shape index (κ2) is 6.84. The highest BCUT2D eigenvalue weighted by Crippen LogP contribution is 2.42. The van der Waals surface area contributed by atoms with Gasteiger partial charge in [0.2, 0.25) is 17.7 Å². The van der Waals surface area contributed by atoms with Crippen molar-refractivity contribution in [2.24, 2.45) is 0 Å². The van der Waals surface area contributed by atoms with Gasteiger partial charge < -0.3 is 19.1 Å². The van der Waals surface area contributed by atoms with Crippen LogP contribution in [-0.4, -0.2) is 24.2 Å². The van der Waals surface area contributed by atoms with Crippen LogP contribution in [0.1, 0.15) is 11.1 Å². The maximum Gasteiger partial charge on any atom is 0.236 e. The molecule has 0 N–H and O–H groups in total. The van der Waals surface area contributed by atoms with Gasteiger partial charge in [0.15, 0.2) is 5.75 Å². The van der Waals surface area contributed by atoms with E-state index < -0.39 is 0 Å². The third-order valence-electron chi connectivity index (χ3n) is 4.23. The van der Waals surface area contributed by atoms with Gasteiger partial charge in [-0.3, -0.25) is 0 Å². The number of benzene rings is 2. The molecule has 7 nitrogen and oxygen atoms in total. The highest BCUT2D eigenvalue weighted by atomic mass is 16.5. The lowest BCUT2D eigenvalue weighted by molar-refractivity contribution is 0.372. The molecule has 0 saturated carbocycles. The van der Waals surface area contributed by atoms with E-state index >= 15 is 0 Å². The molecule has 1 aliphatic rings. The molecule has 0 bridgehead atoms. The van der Waals surface area contributed by atoms with Crippen LogP contribution in [0, 0.1) is 11.3 Å². The zero-order valence-electron chi connectivity index (χ0n) is 14.8. The van der Waals surface area contributed by atoms with E-state index in [2.05, 4.69) is 16.0 Å². The monoisotopic (exact) mass is 360 g/mol. The molecule has 0 unspecified atom stereocenters. The fourth-order valence-electron chi connectivity index (χ4n) is 2.90. The molecule has 0 fully saturated rings. The van der Waals surface area contributed by atoms with Crippen molar-refractivity contribution in [1.29, 1.82) is 5.26 Å². The summed E-state index contributed by atoms with van der Waals surface area (Å²) >= 11 is 0. The summed E-state index contributed by atoms with van der Waals surface area (Å²) in [4.78, 5) is 10.9. The molecule has 2 heterocycles. The van der Waals surface area contributed by atoms with Crippen molar-refractivity contribution in [3.63, 3.8) is 0 Å². The van der Waals surface area contributed by atoms with Crippen molar-refractivity contribution >= 4 is 11.6 Å². The minimum absolute atomic E-state index is 0.394. The summed E-state index contributed by atoms with van der Waals surface area (Å²) in [6, 6.07) is 16.8. The lowest BCUT2D eigenvalue weighted by Crippen LogP contribution is -2.19. The van der Waals surface area contributed by atoms with Gasteiger partial charge in [-0.1, -0.05) is 18.2 Å². The molecule has 1 aromatic heterocycles. The number of rotatable bonds is 3.